The second-order valence-electron chi connectivity index (χ2n) is 5.64. The van der Waals surface area contributed by atoms with Crippen LogP contribution in [0.25, 0.3) is 0 Å². The van der Waals surface area contributed by atoms with Crippen LogP contribution in [0.3, 0.4) is 0 Å². The van der Waals surface area contributed by atoms with E-state index in [1.54, 1.807) is 20.2 Å². The summed E-state index contributed by atoms with van der Waals surface area (Å²) in [5.74, 6) is -0.680. The van der Waals surface area contributed by atoms with Gasteiger partial charge >= 0.3 is 0 Å². The molecular weight excluding hydrogens is 364 g/mol. The highest BCUT2D eigenvalue weighted by molar-refractivity contribution is 7.90. The Labute approximate surface area is 151 Å². The second-order valence-corrected chi connectivity index (χ2v) is 8.07. The molecule has 8 heteroatoms. The first-order chi connectivity index (χ1) is 11.6. The number of sulfone groups is 1. The van der Waals surface area contributed by atoms with Gasteiger partial charge in [0.1, 0.15) is 0 Å². The summed E-state index contributed by atoms with van der Waals surface area (Å²) < 4.78 is 22.9. The SMILES string of the molecule is CN(C)C(=O)c1ccc(Cl)c(NC(=O)c2ccc(S(C)(=O)=O)cc2)c1. The molecule has 0 bridgehead atoms. The van der Waals surface area contributed by atoms with E-state index in [0.29, 0.717) is 11.3 Å². The van der Waals surface area contributed by atoms with Gasteiger partial charge in [-0.3, -0.25) is 9.59 Å². The summed E-state index contributed by atoms with van der Waals surface area (Å²) in [7, 11) is -0.0821. The molecule has 0 aliphatic carbocycles. The van der Waals surface area contributed by atoms with Crippen molar-refractivity contribution >= 4 is 38.9 Å². The van der Waals surface area contributed by atoms with Crippen molar-refractivity contribution in [3.05, 3.63) is 58.6 Å². The van der Waals surface area contributed by atoms with E-state index in [1.165, 1.54) is 41.3 Å². The molecule has 0 fully saturated rings. The van der Waals surface area contributed by atoms with Gasteiger partial charge in [0.25, 0.3) is 11.8 Å². The van der Waals surface area contributed by atoms with Gasteiger partial charge in [0.2, 0.25) is 0 Å². The lowest BCUT2D eigenvalue weighted by molar-refractivity contribution is 0.0827. The van der Waals surface area contributed by atoms with Crippen LogP contribution < -0.4 is 5.32 Å². The Morgan fingerprint density at radius 2 is 1.56 bits per heavy atom. The van der Waals surface area contributed by atoms with Crippen LogP contribution in [-0.4, -0.2) is 45.5 Å². The average Bonchev–Trinajstić information content (AvgIpc) is 2.55. The maximum Gasteiger partial charge on any atom is 0.255 e. The van der Waals surface area contributed by atoms with Crippen molar-refractivity contribution in [2.45, 2.75) is 4.90 Å². The minimum absolute atomic E-state index is 0.126. The third-order valence-electron chi connectivity index (χ3n) is 3.41. The van der Waals surface area contributed by atoms with Crippen LogP contribution in [0.1, 0.15) is 20.7 Å². The van der Waals surface area contributed by atoms with E-state index in [9.17, 15) is 18.0 Å². The Morgan fingerprint density at radius 3 is 2.08 bits per heavy atom. The molecule has 6 nitrogen and oxygen atoms in total. The quantitative estimate of drug-likeness (QED) is 0.883. The van der Waals surface area contributed by atoms with Gasteiger partial charge in [0.05, 0.1) is 15.6 Å². The van der Waals surface area contributed by atoms with Gasteiger partial charge in [-0.2, -0.15) is 0 Å². The first kappa shape index (κ1) is 19.0. The Morgan fingerprint density at radius 1 is 1.00 bits per heavy atom. The number of amides is 2. The molecule has 2 aromatic carbocycles. The van der Waals surface area contributed by atoms with E-state index in [-0.39, 0.29) is 21.4 Å². The molecule has 0 atom stereocenters. The minimum atomic E-state index is -3.33. The number of halogens is 1. The Bertz CT molecular complexity index is 922. The van der Waals surface area contributed by atoms with Crippen molar-refractivity contribution in [1.29, 1.82) is 0 Å². The van der Waals surface area contributed by atoms with E-state index < -0.39 is 15.7 Å². The summed E-state index contributed by atoms with van der Waals surface area (Å²) >= 11 is 6.08. The lowest BCUT2D eigenvalue weighted by atomic mass is 10.1. The predicted molar refractivity (Wildman–Crippen MR) is 97.0 cm³/mol. The molecule has 0 aliphatic rings. The summed E-state index contributed by atoms with van der Waals surface area (Å²) in [5, 5.41) is 2.92. The normalized spacial score (nSPS) is 11.0. The first-order valence-electron chi connectivity index (χ1n) is 7.22. The highest BCUT2D eigenvalue weighted by Crippen LogP contribution is 2.24. The molecule has 2 aromatic rings. The molecule has 0 spiro atoms. The number of nitrogens with zero attached hydrogens (tertiary/aromatic N) is 1. The topological polar surface area (TPSA) is 83.6 Å². The molecule has 2 amide bonds. The molecule has 0 aromatic heterocycles. The molecule has 0 saturated carbocycles. The summed E-state index contributed by atoms with van der Waals surface area (Å²) in [6, 6.07) is 10.1. The van der Waals surface area contributed by atoms with Gasteiger partial charge in [-0.1, -0.05) is 11.6 Å². The van der Waals surface area contributed by atoms with E-state index in [0.717, 1.165) is 6.26 Å². The zero-order valence-electron chi connectivity index (χ0n) is 13.9. The van der Waals surface area contributed by atoms with Crippen molar-refractivity contribution in [3.63, 3.8) is 0 Å². The molecule has 0 heterocycles. The number of anilines is 1. The Kier molecular flexibility index (Phi) is 5.49. The van der Waals surface area contributed by atoms with Crippen LogP contribution in [0.4, 0.5) is 5.69 Å². The first-order valence-corrected chi connectivity index (χ1v) is 9.49. The summed E-state index contributed by atoms with van der Waals surface area (Å²) in [6.07, 6.45) is 1.09. The lowest BCUT2D eigenvalue weighted by Crippen LogP contribution is -2.22. The van der Waals surface area contributed by atoms with Crippen LogP contribution >= 0.6 is 11.6 Å². The predicted octanol–water partition coefficient (Wildman–Crippen LogP) is 2.70. The molecule has 0 radical (unpaired) electrons. The summed E-state index contributed by atoms with van der Waals surface area (Å²) in [6.45, 7) is 0. The summed E-state index contributed by atoms with van der Waals surface area (Å²) in [5.41, 5.74) is 0.955. The van der Waals surface area contributed by atoms with Gasteiger partial charge in [-0.25, -0.2) is 8.42 Å². The smallest absolute Gasteiger partial charge is 0.255 e. The fraction of sp³-hybridized carbons (Fsp3) is 0.176. The molecule has 0 saturated heterocycles. The number of hydrogen-bond acceptors (Lipinski definition) is 4. The highest BCUT2D eigenvalue weighted by atomic mass is 35.5. The zero-order valence-corrected chi connectivity index (χ0v) is 15.5. The van der Waals surface area contributed by atoms with Gasteiger partial charge in [-0.15, -0.1) is 0 Å². The zero-order chi connectivity index (χ0) is 18.8. The number of carbonyl (C=O) groups is 2. The maximum absolute atomic E-state index is 12.3. The third-order valence-corrected chi connectivity index (χ3v) is 4.87. The van der Waals surface area contributed by atoms with Crippen molar-refractivity contribution in [3.8, 4) is 0 Å². The van der Waals surface area contributed by atoms with Gasteiger partial charge < -0.3 is 10.2 Å². The fourth-order valence-electron chi connectivity index (χ4n) is 2.06. The van der Waals surface area contributed by atoms with Crippen LogP contribution in [0.2, 0.25) is 5.02 Å². The second kappa shape index (κ2) is 7.25. The maximum atomic E-state index is 12.3. The van der Waals surface area contributed by atoms with Gasteiger partial charge in [0, 0.05) is 31.5 Å². The molecule has 2 rings (SSSR count). The number of nitrogens with one attached hydrogen (secondary N) is 1. The number of rotatable bonds is 4. The summed E-state index contributed by atoms with van der Waals surface area (Å²) in [4.78, 5) is 25.9. The third kappa shape index (κ3) is 4.58. The van der Waals surface area contributed by atoms with Crippen molar-refractivity contribution < 1.29 is 18.0 Å². The number of benzene rings is 2. The van der Waals surface area contributed by atoms with E-state index >= 15 is 0 Å². The minimum Gasteiger partial charge on any atom is -0.345 e. The van der Waals surface area contributed by atoms with Crippen LogP contribution in [-0.2, 0) is 9.84 Å². The van der Waals surface area contributed by atoms with Gasteiger partial charge in [-0.05, 0) is 42.5 Å². The van der Waals surface area contributed by atoms with Crippen molar-refractivity contribution in [2.24, 2.45) is 0 Å². The van der Waals surface area contributed by atoms with Crippen molar-refractivity contribution in [2.75, 3.05) is 25.7 Å². The lowest BCUT2D eigenvalue weighted by Gasteiger charge is -2.13. The number of carbonyl (C=O) groups excluding carboxylic acids is 2. The van der Waals surface area contributed by atoms with Gasteiger partial charge in [0.15, 0.2) is 9.84 Å². The molecule has 0 unspecified atom stereocenters. The highest BCUT2D eigenvalue weighted by Gasteiger charge is 2.14. The number of hydrogen-bond donors (Lipinski definition) is 1. The molecule has 0 aliphatic heterocycles. The van der Waals surface area contributed by atoms with Crippen LogP contribution in [0, 0.1) is 0 Å². The fourth-order valence-corrected chi connectivity index (χ4v) is 2.86. The molecule has 132 valence electrons. The van der Waals surface area contributed by atoms with Crippen LogP contribution in [0.5, 0.6) is 0 Å². The largest absolute Gasteiger partial charge is 0.345 e. The van der Waals surface area contributed by atoms with Crippen LogP contribution in [0.15, 0.2) is 47.4 Å². The van der Waals surface area contributed by atoms with E-state index in [2.05, 4.69) is 5.32 Å². The molecular formula is C17H17ClN2O4S. The molecule has 1 N–H and O–H groups in total. The standard InChI is InChI=1S/C17H17ClN2O4S/c1-20(2)17(22)12-6-9-14(18)15(10-12)19-16(21)11-4-7-13(8-5-11)25(3,23)24/h4-10H,1-3H3,(H,19,21). The monoisotopic (exact) mass is 380 g/mol. The average molecular weight is 381 g/mol. The Balaban J connectivity index is 2.25. The Hall–Kier alpha value is -2.38. The molecule has 25 heavy (non-hydrogen) atoms. The van der Waals surface area contributed by atoms with E-state index in [1.807, 2.05) is 0 Å². The van der Waals surface area contributed by atoms with E-state index in [4.69, 9.17) is 11.6 Å². The van der Waals surface area contributed by atoms with Crippen molar-refractivity contribution in [1.82, 2.24) is 4.90 Å².